The largest absolute Gasteiger partial charge is 0.860 e. The zero-order valence-corrected chi connectivity index (χ0v) is 9.60. The molecule has 98 valence electrons. The van der Waals surface area contributed by atoms with E-state index in [4.69, 9.17) is 4.74 Å². The number of methoxy groups -OCH3 is 1. The summed E-state index contributed by atoms with van der Waals surface area (Å²) in [4.78, 5) is 48.9. The molecule has 0 atom stereocenters. The van der Waals surface area contributed by atoms with Gasteiger partial charge in [0.25, 0.3) is 11.3 Å². The number of allylic oxidation sites excluding steroid dienone is 4. The molecule has 1 aromatic heterocycles. The lowest BCUT2D eigenvalue weighted by Crippen LogP contribution is -2.28. The maximum atomic E-state index is 11.6. The van der Waals surface area contributed by atoms with Gasteiger partial charge in [-0.25, -0.2) is 4.79 Å². The maximum Gasteiger partial charge on any atom is 0.325 e. The Morgan fingerprint density at radius 2 is 1.79 bits per heavy atom. The number of aromatic amines is 2. The Morgan fingerprint density at radius 3 is 2.37 bits per heavy atom. The Morgan fingerprint density at radius 1 is 1.11 bits per heavy atom. The van der Waals surface area contributed by atoms with E-state index < -0.39 is 34.3 Å². The third-order valence-corrected chi connectivity index (χ3v) is 2.44. The van der Waals surface area contributed by atoms with E-state index in [1.54, 1.807) is 0 Å². The average molecular weight is 263 g/mol. The van der Waals surface area contributed by atoms with Crippen LogP contribution in [0.25, 0.3) is 5.57 Å². The molecule has 0 aromatic carbocycles. The first-order chi connectivity index (χ1) is 8.93. The van der Waals surface area contributed by atoms with Crippen LogP contribution in [0.5, 0.6) is 5.88 Å². The molecule has 0 spiro atoms. The summed E-state index contributed by atoms with van der Waals surface area (Å²) in [5, 5.41) is 11.6. The zero-order chi connectivity index (χ0) is 14.2. The normalized spacial score (nSPS) is 15.0. The van der Waals surface area contributed by atoms with Gasteiger partial charge in [0, 0.05) is 0 Å². The zero-order valence-electron chi connectivity index (χ0n) is 9.60. The lowest BCUT2D eigenvalue weighted by Gasteiger charge is -2.15. The molecule has 1 aromatic rings. The fraction of sp³-hybridized carbons (Fsp3) is 0.0909. The minimum atomic E-state index is -0.950. The van der Waals surface area contributed by atoms with Gasteiger partial charge in [0.2, 0.25) is 5.78 Å². The highest BCUT2D eigenvalue weighted by Crippen LogP contribution is 2.22. The molecule has 0 saturated heterocycles. The summed E-state index contributed by atoms with van der Waals surface area (Å²) in [6, 6.07) is 0. The molecule has 8 heteroatoms. The van der Waals surface area contributed by atoms with E-state index in [0.717, 1.165) is 12.2 Å². The van der Waals surface area contributed by atoms with E-state index >= 15 is 0 Å². The average Bonchev–Trinajstić information content (AvgIpc) is 2.32. The van der Waals surface area contributed by atoms with Crippen molar-refractivity contribution in [3.8, 4) is 5.88 Å². The number of rotatable bonds is 2. The first kappa shape index (κ1) is 12.6. The highest BCUT2D eigenvalue weighted by molar-refractivity contribution is 6.49. The van der Waals surface area contributed by atoms with Crippen LogP contribution < -0.4 is 16.4 Å². The smallest absolute Gasteiger partial charge is 0.325 e. The van der Waals surface area contributed by atoms with Crippen molar-refractivity contribution in [1.29, 1.82) is 0 Å². The summed E-state index contributed by atoms with van der Waals surface area (Å²) < 4.78 is 4.69. The third-order valence-electron chi connectivity index (χ3n) is 2.44. The summed E-state index contributed by atoms with van der Waals surface area (Å²) in [6.45, 7) is 0. The van der Waals surface area contributed by atoms with Gasteiger partial charge in [-0.1, -0.05) is 0 Å². The Hall–Kier alpha value is -2.90. The lowest BCUT2D eigenvalue weighted by atomic mass is 9.98. The van der Waals surface area contributed by atoms with Gasteiger partial charge in [-0.2, -0.15) is 0 Å². The molecule has 0 aliphatic heterocycles. The molecule has 0 unspecified atom stereocenters. The minimum absolute atomic E-state index is 0.0936. The first-order valence-electron chi connectivity index (χ1n) is 5.04. The van der Waals surface area contributed by atoms with Crippen LogP contribution >= 0.6 is 0 Å². The molecule has 0 fully saturated rings. The van der Waals surface area contributed by atoms with Gasteiger partial charge >= 0.3 is 5.69 Å². The maximum absolute atomic E-state index is 11.6. The SMILES string of the molecule is COC1=CC(c2c([O-])[nH]c(=O)[nH]c2=O)=CC(=O)C1=O. The topological polar surface area (TPSA) is 132 Å². The number of ether oxygens (including phenoxy) is 1. The van der Waals surface area contributed by atoms with Gasteiger partial charge in [0.1, 0.15) is 0 Å². The van der Waals surface area contributed by atoms with Crippen LogP contribution in [-0.4, -0.2) is 28.6 Å². The van der Waals surface area contributed by atoms with E-state index in [0.29, 0.717) is 0 Å². The summed E-state index contributed by atoms with van der Waals surface area (Å²) >= 11 is 0. The molecular weight excluding hydrogens is 256 g/mol. The molecule has 2 N–H and O–H groups in total. The summed E-state index contributed by atoms with van der Waals surface area (Å²) in [5.41, 5.74) is -2.43. The van der Waals surface area contributed by atoms with Crippen molar-refractivity contribution in [2.24, 2.45) is 0 Å². The number of hydrogen-bond donors (Lipinski definition) is 2. The fourth-order valence-electron chi connectivity index (χ4n) is 1.60. The fourth-order valence-corrected chi connectivity index (χ4v) is 1.60. The number of carbonyl (C=O) groups excluding carboxylic acids is 2. The number of Topliss-reactive ketones (excluding diaryl/α,β-unsaturated/α-hetero) is 1. The van der Waals surface area contributed by atoms with E-state index in [2.05, 4.69) is 0 Å². The van der Waals surface area contributed by atoms with Crippen LogP contribution in [0.1, 0.15) is 5.56 Å². The predicted octanol–water partition coefficient (Wildman–Crippen LogP) is -1.80. The Kier molecular flexibility index (Phi) is 2.91. The monoisotopic (exact) mass is 263 g/mol. The van der Waals surface area contributed by atoms with Gasteiger partial charge in [-0.3, -0.25) is 19.4 Å². The van der Waals surface area contributed by atoms with Crippen molar-refractivity contribution < 1.29 is 19.4 Å². The van der Waals surface area contributed by atoms with Crippen LogP contribution in [0.4, 0.5) is 0 Å². The van der Waals surface area contributed by atoms with Crippen LogP contribution in [0, 0.1) is 0 Å². The van der Waals surface area contributed by atoms with E-state index in [9.17, 15) is 24.3 Å². The number of aromatic nitrogens is 2. The van der Waals surface area contributed by atoms with Crippen molar-refractivity contribution in [3.05, 3.63) is 44.3 Å². The van der Waals surface area contributed by atoms with Crippen molar-refractivity contribution in [2.75, 3.05) is 7.11 Å². The number of hydrogen-bond acceptors (Lipinski definition) is 6. The second-order valence-electron chi connectivity index (χ2n) is 3.62. The summed E-state index contributed by atoms with van der Waals surface area (Å²) in [5.74, 6) is -3.03. The van der Waals surface area contributed by atoms with Gasteiger partial charge < -0.3 is 14.8 Å². The molecular formula is C11H7N2O6-. The van der Waals surface area contributed by atoms with Crippen molar-refractivity contribution in [2.45, 2.75) is 0 Å². The van der Waals surface area contributed by atoms with Crippen molar-refractivity contribution >= 4 is 17.1 Å². The number of H-pyrrole nitrogens is 2. The molecule has 0 amide bonds. The van der Waals surface area contributed by atoms with Crippen molar-refractivity contribution in [1.82, 2.24) is 9.97 Å². The highest BCUT2D eigenvalue weighted by atomic mass is 16.5. The highest BCUT2D eigenvalue weighted by Gasteiger charge is 2.25. The molecule has 0 bridgehead atoms. The Balaban J connectivity index is 2.67. The van der Waals surface area contributed by atoms with E-state index in [1.807, 2.05) is 9.97 Å². The van der Waals surface area contributed by atoms with Gasteiger partial charge in [-0.15, -0.1) is 0 Å². The molecule has 8 nitrogen and oxygen atoms in total. The molecule has 0 radical (unpaired) electrons. The van der Waals surface area contributed by atoms with Gasteiger partial charge in [0.05, 0.1) is 12.7 Å². The quantitative estimate of drug-likeness (QED) is 0.478. The number of carbonyl (C=O) groups is 2. The van der Waals surface area contributed by atoms with Crippen LogP contribution in [0.3, 0.4) is 0 Å². The minimum Gasteiger partial charge on any atom is -0.860 e. The van der Waals surface area contributed by atoms with Crippen LogP contribution in [0.2, 0.25) is 0 Å². The number of ketones is 2. The van der Waals surface area contributed by atoms with E-state index in [-0.39, 0.29) is 11.3 Å². The molecule has 19 heavy (non-hydrogen) atoms. The standard InChI is InChI=1S/C11H8N2O6/c1-19-6-3-4(2-5(14)8(6)15)7-9(16)12-11(18)13-10(7)17/h2-3H,1H3,(H3,12,13,16,17,18)/p-1. The second-order valence-corrected chi connectivity index (χ2v) is 3.62. The lowest BCUT2D eigenvalue weighted by molar-refractivity contribution is -0.275. The Labute approximate surface area is 105 Å². The first-order valence-corrected chi connectivity index (χ1v) is 5.04. The molecule has 1 heterocycles. The second kappa shape index (κ2) is 4.41. The van der Waals surface area contributed by atoms with Crippen LogP contribution in [0.15, 0.2) is 27.5 Å². The molecule has 1 aliphatic rings. The van der Waals surface area contributed by atoms with E-state index in [1.165, 1.54) is 7.11 Å². The van der Waals surface area contributed by atoms with Gasteiger partial charge in [-0.05, 0) is 23.6 Å². The predicted molar refractivity (Wildman–Crippen MR) is 60.2 cm³/mol. The Bertz CT molecular complexity index is 749. The summed E-state index contributed by atoms with van der Waals surface area (Å²) in [6.07, 6.45) is 1.93. The molecule has 2 rings (SSSR count). The van der Waals surface area contributed by atoms with Crippen molar-refractivity contribution in [3.63, 3.8) is 0 Å². The third kappa shape index (κ3) is 2.10. The molecule has 0 saturated carbocycles. The van der Waals surface area contributed by atoms with Crippen LogP contribution in [-0.2, 0) is 14.3 Å². The number of nitrogens with one attached hydrogen (secondary N) is 2. The molecule has 1 aliphatic carbocycles. The summed E-state index contributed by atoms with van der Waals surface area (Å²) in [7, 11) is 1.18. The van der Waals surface area contributed by atoms with Gasteiger partial charge in [0.15, 0.2) is 5.76 Å².